The molecule has 0 aliphatic heterocycles. The van der Waals surface area contributed by atoms with Gasteiger partial charge in [0.25, 0.3) is 0 Å². The first-order valence-corrected chi connectivity index (χ1v) is 17.4. The van der Waals surface area contributed by atoms with E-state index in [-0.39, 0.29) is 48.0 Å². The molecule has 1 rings (SSSR count). The molecular formula is C12H20I2Te2. The fourth-order valence-corrected chi connectivity index (χ4v) is 6.62. The van der Waals surface area contributed by atoms with Crippen molar-refractivity contribution in [1.29, 1.82) is 0 Å². The fourth-order valence-electron chi connectivity index (χ4n) is 1.46. The van der Waals surface area contributed by atoms with Crippen molar-refractivity contribution in [2.75, 3.05) is 0 Å². The van der Waals surface area contributed by atoms with E-state index < -0.39 is 39.1 Å². The SMILES string of the molecule is C[Te+](C)Cc1ccccc1C[Te+](C)C.[I-].[I-]. The van der Waals surface area contributed by atoms with Crippen LogP contribution in [0.15, 0.2) is 24.3 Å². The summed E-state index contributed by atoms with van der Waals surface area (Å²) >= 11 is -1.45. The van der Waals surface area contributed by atoms with Gasteiger partial charge in [0.15, 0.2) is 0 Å². The minimum Gasteiger partial charge on any atom is -1.00 e. The van der Waals surface area contributed by atoms with Gasteiger partial charge in [-0.25, -0.2) is 0 Å². The van der Waals surface area contributed by atoms with E-state index in [0.717, 1.165) is 0 Å². The molecule has 4 heteroatoms. The molecule has 0 unspecified atom stereocenters. The summed E-state index contributed by atoms with van der Waals surface area (Å²) in [5, 5.41) is 0. The van der Waals surface area contributed by atoms with E-state index in [9.17, 15) is 0 Å². The minimum absolute atomic E-state index is 0. The van der Waals surface area contributed by atoms with E-state index in [4.69, 9.17) is 0 Å². The Morgan fingerprint density at radius 1 is 0.750 bits per heavy atom. The molecular weight excluding hydrogens is 653 g/mol. The third-order valence-corrected chi connectivity index (χ3v) is 7.08. The molecule has 0 spiro atoms. The van der Waals surface area contributed by atoms with Crippen molar-refractivity contribution in [1.82, 2.24) is 0 Å². The quantitative estimate of drug-likeness (QED) is 0.243. The molecule has 16 heavy (non-hydrogen) atoms. The third-order valence-electron chi connectivity index (χ3n) is 2.01. The Balaban J connectivity index is 0. The Kier molecular flexibility index (Phi) is 14.3. The van der Waals surface area contributed by atoms with Gasteiger partial charge in [-0.05, 0) is 0 Å². The van der Waals surface area contributed by atoms with Crippen LogP contribution in [0, 0.1) is 0 Å². The molecule has 0 aliphatic rings. The van der Waals surface area contributed by atoms with Gasteiger partial charge in [0, 0.05) is 0 Å². The van der Waals surface area contributed by atoms with Crippen LogP contribution >= 0.6 is 0 Å². The van der Waals surface area contributed by atoms with E-state index in [1.807, 2.05) is 0 Å². The third kappa shape index (κ3) is 8.38. The number of benzene rings is 1. The van der Waals surface area contributed by atoms with E-state index >= 15 is 0 Å². The van der Waals surface area contributed by atoms with Gasteiger partial charge in [-0.2, -0.15) is 0 Å². The molecule has 0 heterocycles. The molecule has 0 amide bonds. The van der Waals surface area contributed by atoms with Gasteiger partial charge < -0.3 is 48.0 Å². The second kappa shape index (κ2) is 11.1. The van der Waals surface area contributed by atoms with Gasteiger partial charge >= 0.3 is 103 Å². The number of hydrogen-bond acceptors (Lipinski definition) is 0. The Morgan fingerprint density at radius 3 is 1.31 bits per heavy atom. The fraction of sp³-hybridized carbons (Fsp3) is 0.500. The molecule has 94 valence electrons. The molecule has 0 aliphatic carbocycles. The van der Waals surface area contributed by atoms with Crippen LogP contribution in [0.1, 0.15) is 11.1 Å². The Morgan fingerprint density at radius 2 is 1.06 bits per heavy atom. The Bertz CT molecular complexity index is 259. The zero-order valence-corrected chi connectivity index (χ0v) is 19.3. The van der Waals surface area contributed by atoms with Crippen LogP contribution in [0.5, 0.6) is 0 Å². The molecule has 0 radical (unpaired) electrons. The predicted molar refractivity (Wildman–Crippen MR) is 68.8 cm³/mol. The topological polar surface area (TPSA) is 0 Å². The summed E-state index contributed by atoms with van der Waals surface area (Å²) < 4.78 is 2.82. The smallest absolute Gasteiger partial charge is 1.00 e. The van der Waals surface area contributed by atoms with Gasteiger partial charge in [-0.15, -0.1) is 0 Å². The van der Waals surface area contributed by atoms with Crippen molar-refractivity contribution in [3.05, 3.63) is 35.4 Å². The first-order chi connectivity index (χ1) is 6.59. The van der Waals surface area contributed by atoms with Crippen molar-refractivity contribution in [3.8, 4) is 0 Å². The minimum atomic E-state index is -0.726. The Labute approximate surface area is 149 Å². The normalized spacial score (nSPS) is 9.88. The second-order valence-electron chi connectivity index (χ2n) is 4.03. The average molecular weight is 673 g/mol. The van der Waals surface area contributed by atoms with Gasteiger partial charge in [0.1, 0.15) is 0 Å². The molecule has 1 aromatic carbocycles. The molecule has 0 N–H and O–H groups in total. The van der Waals surface area contributed by atoms with Crippen molar-refractivity contribution < 1.29 is 48.0 Å². The summed E-state index contributed by atoms with van der Waals surface area (Å²) in [4.78, 5) is 9.87. The maximum absolute atomic E-state index is 2.47. The van der Waals surface area contributed by atoms with E-state index in [2.05, 4.69) is 44.2 Å². The van der Waals surface area contributed by atoms with Crippen LogP contribution in [-0.4, -0.2) is 39.1 Å². The maximum Gasteiger partial charge on any atom is -1.00 e. The maximum atomic E-state index is 2.47. The molecule has 0 fully saturated rings. The van der Waals surface area contributed by atoms with Crippen molar-refractivity contribution in [2.45, 2.75) is 28.8 Å². The van der Waals surface area contributed by atoms with Crippen LogP contribution < -0.4 is 48.0 Å². The monoisotopic (exact) mass is 678 g/mol. The number of halogens is 2. The summed E-state index contributed by atoms with van der Waals surface area (Å²) in [6.45, 7) is 0. The Hall–Kier alpha value is 2.26. The molecule has 0 saturated heterocycles. The van der Waals surface area contributed by atoms with Gasteiger partial charge in [-0.1, -0.05) is 0 Å². The zero-order valence-electron chi connectivity index (χ0n) is 10.3. The summed E-state index contributed by atoms with van der Waals surface area (Å²) in [7, 11) is 0. The molecule has 0 aromatic heterocycles. The standard InChI is InChI=1S/C12H20Te2.2HI/c1-13(2)9-11-7-5-6-8-12(11)10-14(3)4;;/h5-8H,9-10H2,1-4H3;2*1H/q+2;;/p-2. The predicted octanol–water partition coefficient (Wildman–Crippen LogP) is -2.63. The van der Waals surface area contributed by atoms with Crippen LogP contribution in [0.2, 0.25) is 19.9 Å². The van der Waals surface area contributed by atoms with Crippen LogP contribution in [0.3, 0.4) is 0 Å². The number of rotatable bonds is 4. The van der Waals surface area contributed by atoms with Crippen LogP contribution in [0.4, 0.5) is 0 Å². The zero-order chi connectivity index (χ0) is 10.6. The molecule has 1 aromatic rings. The first kappa shape index (κ1) is 20.6. The molecule has 0 atom stereocenters. The first-order valence-electron chi connectivity index (χ1n) is 4.74. The summed E-state index contributed by atoms with van der Waals surface area (Å²) in [5.41, 5.74) is 3.31. The molecule has 0 nitrogen and oxygen atoms in total. The molecule has 0 bridgehead atoms. The van der Waals surface area contributed by atoms with Crippen molar-refractivity contribution >= 4 is 39.1 Å². The summed E-state index contributed by atoms with van der Waals surface area (Å²) in [6, 6.07) is 9.09. The van der Waals surface area contributed by atoms with E-state index in [0.29, 0.717) is 0 Å². The van der Waals surface area contributed by atoms with Gasteiger partial charge in [-0.3, -0.25) is 0 Å². The van der Waals surface area contributed by atoms with Crippen LogP contribution in [0.25, 0.3) is 0 Å². The average Bonchev–Trinajstić information content (AvgIpc) is 2.06. The largest absolute Gasteiger partial charge is 1.00 e. The summed E-state index contributed by atoms with van der Waals surface area (Å²) in [5.74, 6) is 0. The van der Waals surface area contributed by atoms with E-state index in [1.54, 1.807) is 11.1 Å². The van der Waals surface area contributed by atoms with Gasteiger partial charge in [0.05, 0.1) is 0 Å². The van der Waals surface area contributed by atoms with Gasteiger partial charge in [0.2, 0.25) is 0 Å². The van der Waals surface area contributed by atoms with Crippen molar-refractivity contribution in [2.24, 2.45) is 0 Å². The number of hydrogen-bond donors (Lipinski definition) is 0. The second-order valence-corrected chi connectivity index (χ2v) is 16.9. The van der Waals surface area contributed by atoms with Crippen LogP contribution in [-0.2, 0) is 8.94 Å². The van der Waals surface area contributed by atoms with Crippen molar-refractivity contribution in [3.63, 3.8) is 0 Å². The molecule has 0 saturated carbocycles. The van der Waals surface area contributed by atoms with E-state index in [1.165, 1.54) is 8.94 Å². The summed E-state index contributed by atoms with van der Waals surface area (Å²) in [6.07, 6.45) is 0.